The Morgan fingerprint density at radius 1 is 1.44 bits per heavy atom. The van der Waals surface area contributed by atoms with E-state index in [0.29, 0.717) is 12.3 Å². The maximum atomic E-state index is 11.3. The van der Waals surface area contributed by atoms with Crippen LogP contribution in [0.3, 0.4) is 0 Å². The van der Waals surface area contributed by atoms with E-state index in [1.807, 2.05) is 30.5 Å². The van der Waals surface area contributed by atoms with E-state index in [2.05, 4.69) is 5.32 Å². The Kier molecular flexibility index (Phi) is 6.00. The number of carbonyl (C=O) groups is 2. The van der Waals surface area contributed by atoms with Crippen molar-refractivity contribution in [3.63, 3.8) is 0 Å². The van der Waals surface area contributed by atoms with E-state index in [-0.39, 0.29) is 5.91 Å². The molecule has 1 rings (SSSR count). The molecule has 0 atom stereocenters. The molecule has 0 aliphatic carbocycles. The number of rotatable bonds is 6. The lowest BCUT2D eigenvalue weighted by Crippen LogP contribution is -2.24. The highest BCUT2D eigenvalue weighted by Gasteiger charge is 2.00. The predicted octanol–water partition coefficient (Wildman–Crippen LogP) is 1.76. The molecule has 1 aromatic rings. The summed E-state index contributed by atoms with van der Waals surface area (Å²) in [5, 5.41) is 11.3. The molecule has 2 N–H and O–H groups in total. The van der Waals surface area contributed by atoms with E-state index in [1.165, 1.54) is 17.8 Å². The van der Waals surface area contributed by atoms with Gasteiger partial charge in [-0.25, -0.2) is 4.79 Å². The third-order valence-corrected chi connectivity index (χ3v) is 2.69. The topological polar surface area (TPSA) is 66.4 Å². The minimum Gasteiger partial charge on any atom is -0.478 e. The normalized spacial score (nSPS) is 10.5. The van der Waals surface area contributed by atoms with Crippen molar-refractivity contribution in [1.82, 2.24) is 5.32 Å². The molecule has 0 fully saturated rings. The zero-order chi connectivity index (χ0) is 13.4. The number of carboxylic acid groups (broad SMARTS) is 1. The van der Waals surface area contributed by atoms with Gasteiger partial charge in [0.15, 0.2) is 0 Å². The first-order valence-corrected chi connectivity index (χ1v) is 6.77. The molecule has 0 aliphatic rings. The van der Waals surface area contributed by atoms with Crippen LogP contribution in [0.4, 0.5) is 0 Å². The highest BCUT2D eigenvalue weighted by atomic mass is 32.2. The Morgan fingerprint density at radius 3 is 2.89 bits per heavy atom. The van der Waals surface area contributed by atoms with Crippen molar-refractivity contribution in [3.05, 3.63) is 41.5 Å². The summed E-state index contributed by atoms with van der Waals surface area (Å²) in [7, 11) is 0. The van der Waals surface area contributed by atoms with Gasteiger partial charge < -0.3 is 10.4 Å². The van der Waals surface area contributed by atoms with Crippen LogP contribution in [0, 0.1) is 0 Å². The minimum atomic E-state index is -0.978. The number of nitrogens with one attached hydrogen (secondary N) is 1. The zero-order valence-electron chi connectivity index (χ0n) is 10.1. The van der Waals surface area contributed by atoms with Crippen molar-refractivity contribution in [1.29, 1.82) is 0 Å². The fourth-order valence-electron chi connectivity index (χ4n) is 1.36. The van der Waals surface area contributed by atoms with Gasteiger partial charge in [0.2, 0.25) is 5.91 Å². The second-order valence-electron chi connectivity index (χ2n) is 3.63. The fraction of sp³-hybridized carbons (Fsp3) is 0.231. The standard InChI is InChI=1S/C13H15NO3S/c1-18-9-12(15)14-8-11-4-2-3-10(7-11)5-6-13(16)17/h2-7H,8-9H2,1H3,(H,14,15)(H,16,17). The Morgan fingerprint density at radius 2 is 2.22 bits per heavy atom. The molecule has 0 unspecified atom stereocenters. The Bertz CT molecular complexity index is 457. The molecule has 4 nitrogen and oxygen atoms in total. The molecule has 0 radical (unpaired) electrons. The van der Waals surface area contributed by atoms with Gasteiger partial charge in [0.05, 0.1) is 5.75 Å². The summed E-state index contributed by atoms with van der Waals surface area (Å²) in [6.45, 7) is 0.453. The molecule has 0 bridgehead atoms. The van der Waals surface area contributed by atoms with Crippen molar-refractivity contribution >= 4 is 29.7 Å². The Labute approximate surface area is 110 Å². The molecule has 5 heteroatoms. The van der Waals surface area contributed by atoms with Crippen molar-refractivity contribution in [2.75, 3.05) is 12.0 Å². The van der Waals surface area contributed by atoms with Gasteiger partial charge in [0, 0.05) is 12.6 Å². The molecule has 0 spiro atoms. The van der Waals surface area contributed by atoms with Crippen molar-refractivity contribution in [3.8, 4) is 0 Å². The van der Waals surface area contributed by atoms with E-state index in [0.717, 1.165) is 17.2 Å². The average Bonchev–Trinajstić information content (AvgIpc) is 2.35. The second kappa shape index (κ2) is 7.55. The first-order chi connectivity index (χ1) is 8.61. The number of amides is 1. The molecule has 1 amide bonds. The molecule has 96 valence electrons. The number of hydrogen-bond donors (Lipinski definition) is 2. The van der Waals surface area contributed by atoms with Gasteiger partial charge in [-0.05, 0) is 29.5 Å². The Hall–Kier alpha value is -1.75. The van der Waals surface area contributed by atoms with Crippen LogP contribution in [0.5, 0.6) is 0 Å². The van der Waals surface area contributed by atoms with Crippen LogP contribution in [0.25, 0.3) is 6.08 Å². The molecule has 18 heavy (non-hydrogen) atoms. The summed E-state index contributed by atoms with van der Waals surface area (Å²) in [5.41, 5.74) is 1.74. The molecule has 0 saturated carbocycles. The van der Waals surface area contributed by atoms with E-state index in [1.54, 1.807) is 0 Å². The third-order valence-electron chi connectivity index (χ3n) is 2.13. The van der Waals surface area contributed by atoms with Crippen LogP contribution in [-0.2, 0) is 16.1 Å². The number of carbonyl (C=O) groups excluding carboxylic acids is 1. The van der Waals surface area contributed by atoms with Crippen molar-refractivity contribution < 1.29 is 14.7 Å². The van der Waals surface area contributed by atoms with Gasteiger partial charge in [0.1, 0.15) is 0 Å². The summed E-state index contributed by atoms with van der Waals surface area (Å²) in [5.74, 6) is -0.541. The van der Waals surface area contributed by atoms with E-state index in [4.69, 9.17) is 5.11 Å². The fourth-order valence-corrected chi connectivity index (χ4v) is 1.72. The molecular weight excluding hydrogens is 250 g/mol. The van der Waals surface area contributed by atoms with Gasteiger partial charge in [-0.15, -0.1) is 0 Å². The number of hydrogen-bond acceptors (Lipinski definition) is 3. The first-order valence-electron chi connectivity index (χ1n) is 5.37. The van der Waals surface area contributed by atoms with Gasteiger partial charge in [-0.2, -0.15) is 11.8 Å². The molecule has 0 saturated heterocycles. The molecule has 1 aromatic carbocycles. The minimum absolute atomic E-state index is 0.00557. The van der Waals surface area contributed by atoms with Crippen LogP contribution in [0.2, 0.25) is 0 Å². The quantitative estimate of drug-likeness (QED) is 0.769. The largest absolute Gasteiger partial charge is 0.478 e. The van der Waals surface area contributed by atoms with Gasteiger partial charge in [0.25, 0.3) is 0 Å². The summed E-state index contributed by atoms with van der Waals surface area (Å²) >= 11 is 1.47. The number of aliphatic carboxylic acids is 1. The van der Waals surface area contributed by atoms with Crippen LogP contribution < -0.4 is 5.32 Å². The maximum absolute atomic E-state index is 11.3. The second-order valence-corrected chi connectivity index (χ2v) is 4.49. The van der Waals surface area contributed by atoms with Crippen molar-refractivity contribution in [2.24, 2.45) is 0 Å². The summed E-state index contributed by atoms with van der Waals surface area (Å²) in [6.07, 6.45) is 4.48. The SMILES string of the molecule is CSCC(=O)NCc1cccc(C=CC(=O)O)c1. The highest BCUT2D eigenvalue weighted by Crippen LogP contribution is 2.07. The smallest absolute Gasteiger partial charge is 0.328 e. The monoisotopic (exact) mass is 265 g/mol. The summed E-state index contributed by atoms with van der Waals surface area (Å²) in [4.78, 5) is 21.7. The van der Waals surface area contributed by atoms with Gasteiger partial charge >= 0.3 is 5.97 Å². The summed E-state index contributed by atoms with van der Waals surface area (Å²) in [6, 6.07) is 7.38. The molecular formula is C13H15NO3S. The zero-order valence-corrected chi connectivity index (χ0v) is 10.9. The molecule has 0 aromatic heterocycles. The number of thioether (sulfide) groups is 1. The summed E-state index contributed by atoms with van der Waals surface area (Å²) < 4.78 is 0. The van der Waals surface area contributed by atoms with E-state index >= 15 is 0 Å². The predicted molar refractivity (Wildman–Crippen MR) is 73.3 cm³/mol. The van der Waals surface area contributed by atoms with Crippen LogP contribution in [-0.4, -0.2) is 29.0 Å². The molecule has 0 aliphatic heterocycles. The van der Waals surface area contributed by atoms with Crippen LogP contribution >= 0.6 is 11.8 Å². The third kappa shape index (κ3) is 5.54. The lowest BCUT2D eigenvalue weighted by molar-refractivity contribution is -0.131. The Balaban J connectivity index is 2.59. The highest BCUT2D eigenvalue weighted by molar-refractivity contribution is 7.99. The maximum Gasteiger partial charge on any atom is 0.328 e. The molecule has 0 heterocycles. The number of carboxylic acids is 1. The van der Waals surface area contributed by atoms with Crippen LogP contribution in [0.15, 0.2) is 30.3 Å². The van der Waals surface area contributed by atoms with E-state index < -0.39 is 5.97 Å². The lowest BCUT2D eigenvalue weighted by atomic mass is 10.1. The van der Waals surface area contributed by atoms with Crippen molar-refractivity contribution in [2.45, 2.75) is 6.54 Å². The first kappa shape index (κ1) is 14.3. The van der Waals surface area contributed by atoms with E-state index in [9.17, 15) is 9.59 Å². The van der Waals surface area contributed by atoms with Crippen LogP contribution in [0.1, 0.15) is 11.1 Å². The number of benzene rings is 1. The average molecular weight is 265 g/mol. The van der Waals surface area contributed by atoms with Gasteiger partial charge in [-0.1, -0.05) is 18.2 Å². The lowest BCUT2D eigenvalue weighted by Gasteiger charge is -2.05. The van der Waals surface area contributed by atoms with Gasteiger partial charge in [-0.3, -0.25) is 4.79 Å².